The van der Waals surface area contributed by atoms with Crippen LogP contribution in [-0.4, -0.2) is 17.6 Å². The molecule has 2 aromatic rings. The second-order valence-corrected chi connectivity index (χ2v) is 6.38. The Labute approximate surface area is 131 Å². The van der Waals surface area contributed by atoms with Gasteiger partial charge in [-0.3, -0.25) is 4.79 Å². The number of nitrogens with zero attached hydrogens (tertiary/aromatic N) is 1. The molecule has 0 saturated carbocycles. The number of carbonyl (C=O) groups excluding carboxylic acids is 1. The molecule has 118 valence electrons. The summed E-state index contributed by atoms with van der Waals surface area (Å²) in [7, 11) is 0. The molecule has 5 heteroatoms. The first-order valence-corrected chi connectivity index (χ1v) is 7.42. The Morgan fingerprint density at radius 3 is 2.45 bits per heavy atom. The quantitative estimate of drug-likeness (QED) is 0.883. The first kappa shape index (κ1) is 16.1. The maximum Gasteiger partial charge on any atom is 0.227 e. The standard InChI is InChI=1S/C17H23N3O2/c1-12-11-15(20-22-12)19-16(21)9-10-18-14-7-5-13(6-8-14)17(2,3)4/h5-8,11,18H,9-10H2,1-4H3,(H,19,20,21). The summed E-state index contributed by atoms with van der Waals surface area (Å²) in [5, 5.41) is 9.66. The van der Waals surface area contributed by atoms with Crippen molar-refractivity contribution in [3.8, 4) is 0 Å². The fourth-order valence-electron chi connectivity index (χ4n) is 2.04. The van der Waals surface area contributed by atoms with Gasteiger partial charge in [0.1, 0.15) is 5.76 Å². The number of hydrogen-bond donors (Lipinski definition) is 2. The maximum atomic E-state index is 11.8. The maximum absolute atomic E-state index is 11.8. The van der Waals surface area contributed by atoms with Gasteiger partial charge in [-0.25, -0.2) is 0 Å². The van der Waals surface area contributed by atoms with Gasteiger partial charge in [-0.2, -0.15) is 0 Å². The Kier molecular flexibility index (Phi) is 4.85. The number of aromatic nitrogens is 1. The fraction of sp³-hybridized carbons (Fsp3) is 0.412. The molecule has 2 N–H and O–H groups in total. The smallest absolute Gasteiger partial charge is 0.227 e. The third-order valence-electron chi connectivity index (χ3n) is 3.33. The highest BCUT2D eigenvalue weighted by atomic mass is 16.5. The van der Waals surface area contributed by atoms with Crippen molar-refractivity contribution in [2.45, 2.75) is 39.5 Å². The molecule has 0 aliphatic rings. The van der Waals surface area contributed by atoms with Gasteiger partial charge >= 0.3 is 0 Å². The van der Waals surface area contributed by atoms with Crippen LogP contribution < -0.4 is 10.6 Å². The zero-order valence-electron chi connectivity index (χ0n) is 13.6. The molecular formula is C17H23N3O2. The average molecular weight is 301 g/mol. The van der Waals surface area contributed by atoms with Crippen molar-refractivity contribution in [3.05, 3.63) is 41.7 Å². The minimum Gasteiger partial charge on any atom is -0.385 e. The van der Waals surface area contributed by atoms with Crippen molar-refractivity contribution in [3.63, 3.8) is 0 Å². The van der Waals surface area contributed by atoms with E-state index in [-0.39, 0.29) is 11.3 Å². The molecule has 5 nitrogen and oxygen atoms in total. The van der Waals surface area contributed by atoms with Crippen LogP contribution in [0, 0.1) is 6.92 Å². The fourth-order valence-corrected chi connectivity index (χ4v) is 2.04. The number of rotatable bonds is 5. The number of aryl methyl sites for hydroxylation is 1. The van der Waals surface area contributed by atoms with E-state index < -0.39 is 0 Å². The molecule has 22 heavy (non-hydrogen) atoms. The summed E-state index contributed by atoms with van der Waals surface area (Å²) in [5.41, 5.74) is 2.45. The van der Waals surface area contributed by atoms with Gasteiger partial charge in [0.2, 0.25) is 5.91 Å². The van der Waals surface area contributed by atoms with Crippen molar-refractivity contribution in [1.82, 2.24) is 5.16 Å². The molecule has 0 saturated heterocycles. The third kappa shape index (κ3) is 4.62. The molecule has 1 amide bonds. The van der Waals surface area contributed by atoms with E-state index in [4.69, 9.17) is 4.52 Å². The van der Waals surface area contributed by atoms with Gasteiger partial charge in [0.15, 0.2) is 5.82 Å². The van der Waals surface area contributed by atoms with Crippen molar-refractivity contribution in [2.24, 2.45) is 0 Å². The third-order valence-corrected chi connectivity index (χ3v) is 3.33. The predicted octanol–water partition coefficient (Wildman–Crippen LogP) is 3.72. The first-order chi connectivity index (χ1) is 10.3. The molecule has 0 aliphatic carbocycles. The molecule has 0 fully saturated rings. The molecule has 1 heterocycles. The summed E-state index contributed by atoms with van der Waals surface area (Å²) in [5.74, 6) is 1.04. The highest BCUT2D eigenvalue weighted by Gasteiger charge is 2.12. The molecule has 2 rings (SSSR count). The molecule has 0 spiro atoms. The van der Waals surface area contributed by atoms with Gasteiger partial charge < -0.3 is 15.2 Å². The van der Waals surface area contributed by atoms with Crippen LogP contribution in [0.2, 0.25) is 0 Å². The lowest BCUT2D eigenvalue weighted by Crippen LogP contribution is -2.16. The summed E-state index contributed by atoms with van der Waals surface area (Å²) in [6.07, 6.45) is 0.368. The van der Waals surface area contributed by atoms with Crippen LogP contribution in [0.3, 0.4) is 0 Å². The average Bonchev–Trinajstić information content (AvgIpc) is 2.83. The van der Waals surface area contributed by atoms with E-state index in [2.05, 4.69) is 48.7 Å². The van der Waals surface area contributed by atoms with Gasteiger partial charge in [0.25, 0.3) is 0 Å². The Hall–Kier alpha value is -2.30. The van der Waals surface area contributed by atoms with Crippen LogP contribution >= 0.6 is 0 Å². The number of benzene rings is 1. The molecule has 1 aromatic heterocycles. The lowest BCUT2D eigenvalue weighted by Gasteiger charge is -2.19. The minimum absolute atomic E-state index is 0.0906. The molecule has 0 bridgehead atoms. The molecule has 0 aliphatic heterocycles. The molecule has 1 aromatic carbocycles. The predicted molar refractivity (Wildman–Crippen MR) is 88.1 cm³/mol. The van der Waals surface area contributed by atoms with Crippen molar-refractivity contribution in [2.75, 3.05) is 17.2 Å². The van der Waals surface area contributed by atoms with Crippen LogP contribution in [0.5, 0.6) is 0 Å². The van der Waals surface area contributed by atoms with E-state index in [0.29, 0.717) is 24.5 Å². The van der Waals surface area contributed by atoms with Gasteiger partial charge in [0.05, 0.1) is 0 Å². The van der Waals surface area contributed by atoms with E-state index in [1.165, 1.54) is 5.56 Å². The first-order valence-electron chi connectivity index (χ1n) is 7.42. The van der Waals surface area contributed by atoms with E-state index in [9.17, 15) is 4.79 Å². The summed E-state index contributed by atoms with van der Waals surface area (Å²) in [6, 6.07) is 10.00. The van der Waals surface area contributed by atoms with Gasteiger partial charge in [0, 0.05) is 24.7 Å². The highest BCUT2D eigenvalue weighted by Crippen LogP contribution is 2.23. The minimum atomic E-state index is -0.0906. The lowest BCUT2D eigenvalue weighted by atomic mass is 9.87. The second kappa shape index (κ2) is 6.64. The van der Waals surface area contributed by atoms with E-state index >= 15 is 0 Å². The number of amides is 1. The van der Waals surface area contributed by atoms with E-state index in [0.717, 1.165) is 5.69 Å². The Morgan fingerprint density at radius 1 is 1.23 bits per heavy atom. The normalized spacial score (nSPS) is 11.3. The lowest BCUT2D eigenvalue weighted by molar-refractivity contribution is -0.116. The summed E-state index contributed by atoms with van der Waals surface area (Å²) < 4.78 is 4.90. The zero-order chi connectivity index (χ0) is 16.2. The molecule has 0 unspecified atom stereocenters. The topological polar surface area (TPSA) is 67.2 Å². The Morgan fingerprint density at radius 2 is 1.91 bits per heavy atom. The molecular weight excluding hydrogens is 278 g/mol. The number of carbonyl (C=O) groups is 1. The van der Waals surface area contributed by atoms with Crippen LogP contribution in [0.25, 0.3) is 0 Å². The van der Waals surface area contributed by atoms with Crippen molar-refractivity contribution < 1.29 is 9.32 Å². The SMILES string of the molecule is Cc1cc(NC(=O)CCNc2ccc(C(C)(C)C)cc2)no1. The highest BCUT2D eigenvalue weighted by molar-refractivity contribution is 5.89. The van der Waals surface area contributed by atoms with Crippen LogP contribution in [-0.2, 0) is 10.2 Å². The summed E-state index contributed by atoms with van der Waals surface area (Å²) >= 11 is 0. The number of anilines is 2. The Balaban J connectivity index is 1.77. The van der Waals surface area contributed by atoms with Crippen LogP contribution in [0.1, 0.15) is 38.5 Å². The van der Waals surface area contributed by atoms with Gasteiger partial charge in [-0.1, -0.05) is 38.1 Å². The number of hydrogen-bond acceptors (Lipinski definition) is 4. The molecule has 0 atom stereocenters. The zero-order valence-corrected chi connectivity index (χ0v) is 13.6. The van der Waals surface area contributed by atoms with Crippen LogP contribution in [0.4, 0.5) is 11.5 Å². The van der Waals surface area contributed by atoms with E-state index in [1.54, 1.807) is 13.0 Å². The largest absolute Gasteiger partial charge is 0.385 e. The van der Waals surface area contributed by atoms with Crippen molar-refractivity contribution >= 4 is 17.4 Å². The van der Waals surface area contributed by atoms with Crippen LogP contribution in [0.15, 0.2) is 34.9 Å². The van der Waals surface area contributed by atoms with Gasteiger partial charge in [-0.05, 0) is 30.0 Å². The number of nitrogens with one attached hydrogen (secondary N) is 2. The van der Waals surface area contributed by atoms with Crippen molar-refractivity contribution in [1.29, 1.82) is 0 Å². The second-order valence-electron chi connectivity index (χ2n) is 6.38. The van der Waals surface area contributed by atoms with Gasteiger partial charge in [-0.15, -0.1) is 0 Å². The summed E-state index contributed by atoms with van der Waals surface area (Å²) in [4.78, 5) is 11.8. The molecule has 0 radical (unpaired) electrons. The monoisotopic (exact) mass is 301 g/mol. The van der Waals surface area contributed by atoms with E-state index in [1.807, 2.05) is 12.1 Å². The Bertz CT molecular complexity index is 624. The summed E-state index contributed by atoms with van der Waals surface area (Å²) in [6.45, 7) is 8.91.